The standard InChI is InChI=1S/C14H14OS/c1-12-7-9-14(10-8-12)16(15)11-13-5-3-2-4-6-13/h2-10H,11H2,1H3/t16-/m1/s1. The summed E-state index contributed by atoms with van der Waals surface area (Å²) in [5, 5.41) is 0. The van der Waals surface area contributed by atoms with E-state index < -0.39 is 10.8 Å². The van der Waals surface area contributed by atoms with E-state index in [4.69, 9.17) is 0 Å². The zero-order valence-corrected chi connectivity index (χ0v) is 10.0. The van der Waals surface area contributed by atoms with Gasteiger partial charge in [-0.2, -0.15) is 0 Å². The van der Waals surface area contributed by atoms with Crippen LogP contribution in [0.1, 0.15) is 11.1 Å². The monoisotopic (exact) mass is 230 g/mol. The van der Waals surface area contributed by atoms with Crippen molar-refractivity contribution in [2.45, 2.75) is 17.6 Å². The molecule has 2 aromatic carbocycles. The van der Waals surface area contributed by atoms with Crippen LogP contribution in [-0.2, 0) is 16.6 Å². The number of hydrogen-bond donors (Lipinski definition) is 0. The van der Waals surface area contributed by atoms with Crippen molar-refractivity contribution >= 4 is 10.8 Å². The predicted octanol–water partition coefficient (Wildman–Crippen LogP) is 3.30. The first-order valence-electron chi connectivity index (χ1n) is 5.25. The summed E-state index contributed by atoms with van der Waals surface area (Å²) in [6, 6.07) is 17.8. The lowest BCUT2D eigenvalue weighted by Gasteiger charge is -2.02. The topological polar surface area (TPSA) is 17.1 Å². The van der Waals surface area contributed by atoms with Crippen molar-refractivity contribution in [3.63, 3.8) is 0 Å². The summed E-state index contributed by atoms with van der Waals surface area (Å²) in [5.41, 5.74) is 2.31. The highest BCUT2D eigenvalue weighted by molar-refractivity contribution is 7.84. The highest BCUT2D eigenvalue weighted by atomic mass is 32.2. The summed E-state index contributed by atoms with van der Waals surface area (Å²) in [5.74, 6) is 0.587. The molecule has 0 fully saturated rings. The van der Waals surface area contributed by atoms with E-state index in [0.717, 1.165) is 10.5 Å². The number of rotatable bonds is 3. The fourth-order valence-corrected chi connectivity index (χ4v) is 2.60. The summed E-state index contributed by atoms with van der Waals surface area (Å²) in [7, 11) is -0.943. The normalized spacial score (nSPS) is 12.3. The van der Waals surface area contributed by atoms with Crippen LogP contribution in [0.15, 0.2) is 59.5 Å². The van der Waals surface area contributed by atoms with E-state index in [-0.39, 0.29) is 0 Å². The highest BCUT2D eigenvalue weighted by Crippen LogP contribution is 2.12. The van der Waals surface area contributed by atoms with E-state index in [0.29, 0.717) is 5.75 Å². The van der Waals surface area contributed by atoms with E-state index >= 15 is 0 Å². The van der Waals surface area contributed by atoms with Gasteiger partial charge in [0.25, 0.3) is 0 Å². The van der Waals surface area contributed by atoms with Crippen LogP contribution in [0.4, 0.5) is 0 Å². The number of hydrogen-bond acceptors (Lipinski definition) is 1. The highest BCUT2D eigenvalue weighted by Gasteiger charge is 2.03. The van der Waals surface area contributed by atoms with Crippen molar-refractivity contribution < 1.29 is 4.21 Å². The van der Waals surface area contributed by atoms with Gasteiger partial charge in [-0.25, -0.2) is 0 Å². The molecule has 0 saturated carbocycles. The summed E-state index contributed by atoms with van der Waals surface area (Å²) < 4.78 is 12.0. The van der Waals surface area contributed by atoms with Crippen LogP contribution in [0.5, 0.6) is 0 Å². The average Bonchev–Trinajstić information content (AvgIpc) is 2.31. The van der Waals surface area contributed by atoms with Crippen LogP contribution in [0.2, 0.25) is 0 Å². The largest absolute Gasteiger partial charge is 0.254 e. The average molecular weight is 230 g/mol. The molecule has 0 aliphatic heterocycles. The SMILES string of the molecule is Cc1ccc([S@](=O)Cc2ccccc2)cc1. The minimum absolute atomic E-state index is 0.587. The maximum atomic E-state index is 12.0. The molecule has 0 aromatic heterocycles. The van der Waals surface area contributed by atoms with Crippen LogP contribution in [0.25, 0.3) is 0 Å². The summed E-state index contributed by atoms with van der Waals surface area (Å²) in [6.07, 6.45) is 0. The molecule has 0 aliphatic rings. The Hall–Kier alpha value is -1.41. The van der Waals surface area contributed by atoms with Gasteiger partial charge in [-0.3, -0.25) is 4.21 Å². The van der Waals surface area contributed by atoms with E-state index in [1.807, 2.05) is 61.5 Å². The Morgan fingerprint density at radius 3 is 2.19 bits per heavy atom. The van der Waals surface area contributed by atoms with Gasteiger partial charge in [0.15, 0.2) is 0 Å². The molecule has 0 bridgehead atoms. The van der Waals surface area contributed by atoms with E-state index in [9.17, 15) is 4.21 Å². The maximum Gasteiger partial charge on any atom is 0.0574 e. The van der Waals surface area contributed by atoms with Gasteiger partial charge >= 0.3 is 0 Å². The number of benzene rings is 2. The Kier molecular flexibility index (Phi) is 3.52. The van der Waals surface area contributed by atoms with E-state index in [2.05, 4.69) is 0 Å². The van der Waals surface area contributed by atoms with Gasteiger partial charge in [-0.1, -0.05) is 48.0 Å². The molecule has 2 aromatic rings. The third kappa shape index (κ3) is 2.80. The molecule has 0 aliphatic carbocycles. The molecular formula is C14H14OS. The van der Waals surface area contributed by atoms with Crippen molar-refractivity contribution in [3.8, 4) is 0 Å². The van der Waals surface area contributed by atoms with Crippen molar-refractivity contribution in [3.05, 3.63) is 65.7 Å². The van der Waals surface area contributed by atoms with Crippen LogP contribution in [-0.4, -0.2) is 4.21 Å². The third-order valence-electron chi connectivity index (χ3n) is 2.42. The minimum Gasteiger partial charge on any atom is -0.254 e. The maximum absolute atomic E-state index is 12.0. The molecule has 16 heavy (non-hydrogen) atoms. The Balaban J connectivity index is 2.12. The third-order valence-corrected chi connectivity index (χ3v) is 3.82. The Morgan fingerprint density at radius 2 is 1.56 bits per heavy atom. The summed E-state index contributed by atoms with van der Waals surface area (Å²) in [4.78, 5) is 0.898. The molecule has 0 saturated heterocycles. The molecule has 82 valence electrons. The van der Waals surface area contributed by atoms with Crippen LogP contribution in [0, 0.1) is 6.92 Å². The van der Waals surface area contributed by atoms with E-state index in [1.165, 1.54) is 5.56 Å². The van der Waals surface area contributed by atoms with Crippen molar-refractivity contribution in [1.82, 2.24) is 0 Å². The number of aryl methyl sites for hydroxylation is 1. The lowest BCUT2D eigenvalue weighted by atomic mass is 10.2. The molecule has 0 radical (unpaired) electrons. The molecule has 1 atom stereocenters. The molecule has 1 nitrogen and oxygen atoms in total. The van der Waals surface area contributed by atoms with Crippen LogP contribution in [0.3, 0.4) is 0 Å². The second-order valence-electron chi connectivity index (χ2n) is 3.79. The van der Waals surface area contributed by atoms with Gasteiger partial charge in [0.05, 0.1) is 16.6 Å². The molecule has 2 heteroatoms. The van der Waals surface area contributed by atoms with Gasteiger partial charge in [0.2, 0.25) is 0 Å². The molecule has 0 N–H and O–H groups in total. The lowest BCUT2D eigenvalue weighted by Crippen LogP contribution is -1.96. The second kappa shape index (κ2) is 5.08. The molecular weight excluding hydrogens is 216 g/mol. The van der Waals surface area contributed by atoms with Gasteiger partial charge in [-0.05, 0) is 24.6 Å². The van der Waals surface area contributed by atoms with Gasteiger partial charge in [0, 0.05) is 4.90 Å². The molecule has 0 heterocycles. The first-order valence-corrected chi connectivity index (χ1v) is 6.56. The summed E-state index contributed by atoms with van der Waals surface area (Å²) >= 11 is 0. The van der Waals surface area contributed by atoms with Gasteiger partial charge < -0.3 is 0 Å². The molecule has 0 spiro atoms. The Labute approximate surface area is 98.6 Å². The van der Waals surface area contributed by atoms with E-state index in [1.54, 1.807) is 0 Å². The predicted molar refractivity (Wildman–Crippen MR) is 67.7 cm³/mol. The first-order chi connectivity index (χ1) is 7.75. The summed E-state index contributed by atoms with van der Waals surface area (Å²) in [6.45, 7) is 2.03. The van der Waals surface area contributed by atoms with Gasteiger partial charge in [0.1, 0.15) is 0 Å². The van der Waals surface area contributed by atoms with Crippen molar-refractivity contribution in [2.24, 2.45) is 0 Å². The molecule has 0 unspecified atom stereocenters. The van der Waals surface area contributed by atoms with Crippen molar-refractivity contribution in [2.75, 3.05) is 0 Å². The van der Waals surface area contributed by atoms with Gasteiger partial charge in [-0.15, -0.1) is 0 Å². The van der Waals surface area contributed by atoms with Crippen LogP contribution >= 0.6 is 0 Å². The van der Waals surface area contributed by atoms with Crippen LogP contribution < -0.4 is 0 Å². The molecule has 2 rings (SSSR count). The fraction of sp³-hybridized carbons (Fsp3) is 0.143. The molecule has 0 amide bonds. The minimum atomic E-state index is -0.943. The smallest absolute Gasteiger partial charge is 0.0574 e. The first kappa shape index (κ1) is 11.1. The zero-order valence-electron chi connectivity index (χ0n) is 9.22. The Morgan fingerprint density at radius 1 is 0.938 bits per heavy atom. The second-order valence-corrected chi connectivity index (χ2v) is 5.24. The Bertz CT molecular complexity index is 474. The fourth-order valence-electron chi connectivity index (χ4n) is 1.50. The zero-order chi connectivity index (χ0) is 11.4. The van der Waals surface area contributed by atoms with Crippen molar-refractivity contribution in [1.29, 1.82) is 0 Å². The lowest BCUT2D eigenvalue weighted by molar-refractivity contribution is 0.682. The quantitative estimate of drug-likeness (QED) is 0.790.